The standard InChI is InChI=1S/C40H24N2S/c1-2-11-28(34-17-9-18-35-31-14-7-8-19-37(31)43-40(34)35)27(10-1)25-20-22-26(23-21-25)36-24-41-38-32-15-5-3-12-29(32)30-13-4-6-16-33(30)39(38)42-36/h1-24H. The first-order chi connectivity index (χ1) is 21.3. The summed E-state index contributed by atoms with van der Waals surface area (Å²) in [6.07, 6.45) is 1.91. The molecule has 3 heteroatoms. The quantitative estimate of drug-likeness (QED) is 0.199. The van der Waals surface area contributed by atoms with Crippen LogP contribution in [0.3, 0.4) is 0 Å². The second-order valence-electron chi connectivity index (χ2n) is 10.9. The van der Waals surface area contributed by atoms with E-state index in [4.69, 9.17) is 9.97 Å². The van der Waals surface area contributed by atoms with Crippen molar-refractivity contribution < 1.29 is 0 Å². The molecule has 0 amide bonds. The third kappa shape index (κ3) is 3.79. The van der Waals surface area contributed by atoms with E-state index in [1.165, 1.54) is 53.2 Å². The van der Waals surface area contributed by atoms with Gasteiger partial charge in [-0.25, -0.2) is 4.98 Å². The van der Waals surface area contributed by atoms with Crippen LogP contribution >= 0.6 is 11.3 Å². The van der Waals surface area contributed by atoms with Gasteiger partial charge >= 0.3 is 0 Å². The molecule has 0 aliphatic carbocycles. The van der Waals surface area contributed by atoms with Crippen molar-refractivity contribution in [3.63, 3.8) is 0 Å². The van der Waals surface area contributed by atoms with Gasteiger partial charge in [0.1, 0.15) is 0 Å². The van der Waals surface area contributed by atoms with Crippen LogP contribution in [0.4, 0.5) is 0 Å². The largest absolute Gasteiger partial charge is 0.252 e. The molecule has 0 spiro atoms. The molecule has 0 unspecified atom stereocenters. The molecular weight excluding hydrogens is 541 g/mol. The van der Waals surface area contributed by atoms with Gasteiger partial charge in [0, 0.05) is 42.1 Å². The van der Waals surface area contributed by atoms with E-state index in [9.17, 15) is 0 Å². The molecule has 9 aromatic rings. The van der Waals surface area contributed by atoms with Gasteiger partial charge < -0.3 is 0 Å². The van der Waals surface area contributed by atoms with Crippen molar-refractivity contribution in [2.24, 2.45) is 0 Å². The van der Waals surface area contributed by atoms with E-state index in [1.807, 2.05) is 17.5 Å². The highest BCUT2D eigenvalue weighted by atomic mass is 32.1. The lowest BCUT2D eigenvalue weighted by Crippen LogP contribution is -1.92. The molecule has 2 aromatic heterocycles. The minimum atomic E-state index is 0.878. The normalized spacial score (nSPS) is 11.7. The van der Waals surface area contributed by atoms with Crippen LogP contribution in [0.1, 0.15) is 0 Å². The van der Waals surface area contributed by atoms with Crippen molar-refractivity contribution in [2.75, 3.05) is 0 Å². The Bertz CT molecular complexity index is 2470. The predicted molar refractivity (Wildman–Crippen MR) is 184 cm³/mol. The number of nitrogens with zero attached hydrogens (tertiary/aromatic N) is 2. The summed E-state index contributed by atoms with van der Waals surface area (Å²) >= 11 is 1.87. The molecule has 200 valence electrons. The maximum atomic E-state index is 5.19. The fourth-order valence-electron chi connectivity index (χ4n) is 6.51. The molecule has 0 bridgehead atoms. The third-order valence-corrected chi connectivity index (χ3v) is 9.76. The highest BCUT2D eigenvalue weighted by molar-refractivity contribution is 7.26. The van der Waals surface area contributed by atoms with Gasteiger partial charge in [-0.3, -0.25) is 4.98 Å². The Labute approximate surface area is 252 Å². The molecule has 2 heterocycles. The number of hydrogen-bond acceptors (Lipinski definition) is 3. The van der Waals surface area contributed by atoms with Crippen molar-refractivity contribution in [2.45, 2.75) is 0 Å². The highest BCUT2D eigenvalue weighted by Crippen LogP contribution is 2.43. The smallest absolute Gasteiger partial charge is 0.0979 e. The maximum absolute atomic E-state index is 5.19. The van der Waals surface area contributed by atoms with E-state index in [1.54, 1.807) is 0 Å². The Kier molecular flexibility index (Phi) is 5.40. The van der Waals surface area contributed by atoms with Crippen LogP contribution in [0.25, 0.3) is 86.3 Å². The summed E-state index contributed by atoms with van der Waals surface area (Å²) in [5.74, 6) is 0. The van der Waals surface area contributed by atoms with Crippen LogP contribution in [0.5, 0.6) is 0 Å². The number of hydrogen-bond donors (Lipinski definition) is 0. The highest BCUT2D eigenvalue weighted by Gasteiger charge is 2.15. The van der Waals surface area contributed by atoms with Crippen LogP contribution in [-0.4, -0.2) is 9.97 Å². The minimum absolute atomic E-state index is 0.878. The summed E-state index contributed by atoms with van der Waals surface area (Å²) < 4.78 is 2.66. The SMILES string of the molecule is c1ccc(-c2cccc3c2sc2ccccc23)c(-c2ccc(-c3cnc4c5ccccc5c5ccccc5c4n3)cc2)c1. The number of thiophene rings is 1. The van der Waals surface area contributed by atoms with Crippen molar-refractivity contribution in [3.05, 3.63) is 146 Å². The van der Waals surface area contributed by atoms with Crippen molar-refractivity contribution in [3.8, 4) is 33.5 Å². The molecule has 9 rings (SSSR count). The Morgan fingerprint density at radius 3 is 1.72 bits per heavy atom. The van der Waals surface area contributed by atoms with E-state index in [0.717, 1.165) is 33.1 Å². The zero-order valence-corrected chi connectivity index (χ0v) is 24.0. The summed E-state index contributed by atoms with van der Waals surface area (Å²) in [5, 5.41) is 7.32. The number of benzene rings is 7. The van der Waals surface area contributed by atoms with E-state index in [2.05, 4.69) is 140 Å². The zero-order valence-electron chi connectivity index (χ0n) is 23.2. The first-order valence-electron chi connectivity index (χ1n) is 14.5. The number of fused-ring (bicyclic) bond motifs is 9. The van der Waals surface area contributed by atoms with Gasteiger partial charge in [0.15, 0.2) is 0 Å². The van der Waals surface area contributed by atoms with E-state index >= 15 is 0 Å². The third-order valence-electron chi connectivity index (χ3n) is 8.54. The van der Waals surface area contributed by atoms with Crippen LogP contribution in [0.15, 0.2) is 146 Å². The minimum Gasteiger partial charge on any atom is -0.252 e. The predicted octanol–water partition coefficient (Wildman–Crippen LogP) is 11.3. The lowest BCUT2D eigenvalue weighted by atomic mass is 9.93. The van der Waals surface area contributed by atoms with Crippen LogP contribution in [0, 0.1) is 0 Å². The van der Waals surface area contributed by atoms with Gasteiger partial charge in [-0.05, 0) is 33.5 Å². The topological polar surface area (TPSA) is 25.8 Å². The maximum Gasteiger partial charge on any atom is 0.0979 e. The summed E-state index contributed by atoms with van der Waals surface area (Å²) in [4.78, 5) is 10.1. The van der Waals surface area contributed by atoms with E-state index in [-0.39, 0.29) is 0 Å². The fourth-order valence-corrected chi connectivity index (χ4v) is 7.74. The van der Waals surface area contributed by atoms with Crippen molar-refractivity contribution in [1.82, 2.24) is 9.97 Å². The average molecular weight is 565 g/mol. The Morgan fingerprint density at radius 1 is 0.395 bits per heavy atom. The van der Waals surface area contributed by atoms with E-state index < -0.39 is 0 Å². The molecule has 0 atom stereocenters. The second-order valence-corrected chi connectivity index (χ2v) is 12.0. The Morgan fingerprint density at radius 2 is 0.953 bits per heavy atom. The first kappa shape index (κ1) is 24.2. The Balaban J connectivity index is 1.16. The first-order valence-corrected chi connectivity index (χ1v) is 15.3. The molecule has 7 aromatic carbocycles. The molecule has 0 saturated heterocycles. The zero-order chi connectivity index (χ0) is 28.3. The molecule has 0 aliphatic heterocycles. The Hall–Kier alpha value is -5.38. The average Bonchev–Trinajstić information content (AvgIpc) is 3.47. The lowest BCUT2D eigenvalue weighted by molar-refractivity contribution is 1.31. The number of aromatic nitrogens is 2. The lowest BCUT2D eigenvalue weighted by Gasteiger charge is -2.12. The summed E-state index contributed by atoms with van der Waals surface area (Å²) in [5.41, 5.74) is 8.75. The van der Waals surface area contributed by atoms with Gasteiger partial charge in [0.05, 0.1) is 22.9 Å². The van der Waals surface area contributed by atoms with Gasteiger partial charge in [-0.2, -0.15) is 0 Å². The monoisotopic (exact) mass is 564 g/mol. The van der Waals surface area contributed by atoms with Crippen molar-refractivity contribution in [1.29, 1.82) is 0 Å². The molecule has 2 nitrogen and oxygen atoms in total. The molecule has 0 aliphatic rings. The molecule has 0 fully saturated rings. The summed E-state index contributed by atoms with van der Waals surface area (Å²) in [6.45, 7) is 0. The van der Waals surface area contributed by atoms with Gasteiger partial charge in [0.25, 0.3) is 0 Å². The van der Waals surface area contributed by atoms with E-state index in [0.29, 0.717) is 0 Å². The summed E-state index contributed by atoms with van der Waals surface area (Å²) in [7, 11) is 0. The van der Waals surface area contributed by atoms with Gasteiger partial charge in [-0.15, -0.1) is 11.3 Å². The van der Waals surface area contributed by atoms with Gasteiger partial charge in [0.2, 0.25) is 0 Å². The molecule has 0 radical (unpaired) electrons. The fraction of sp³-hybridized carbons (Fsp3) is 0. The van der Waals surface area contributed by atoms with Crippen LogP contribution in [-0.2, 0) is 0 Å². The summed E-state index contributed by atoms with van der Waals surface area (Å²) in [6, 6.07) is 49.8. The molecular formula is C40H24N2S. The van der Waals surface area contributed by atoms with Gasteiger partial charge in [-0.1, -0.05) is 133 Å². The molecule has 0 N–H and O–H groups in total. The second kappa shape index (κ2) is 9.59. The number of rotatable bonds is 3. The van der Waals surface area contributed by atoms with Crippen molar-refractivity contribution >= 4 is 64.1 Å². The van der Waals surface area contributed by atoms with Crippen LogP contribution in [0.2, 0.25) is 0 Å². The molecule has 43 heavy (non-hydrogen) atoms. The molecule has 0 saturated carbocycles. The van der Waals surface area contributed by atoms with Crippen LogP contribution < -0.4 is 0 Å².